The van der Waals surface area contributed by atoms with Crippen LogP contribution < -0.4 is 21.7 Å². The second-order valence-corrected chi connectivity index (χ2v) is 10.5. The van der Waals surface area contributed by atoms with Crippen molar-refractivity contribution in [2.45, 2.75) is 43.4 Å². The summed E-state index contributed by atoms with van der Waals surface area (Å²) in [5, 5.41) is 37.2. The Bertz CT molecular complexity index is 1350. The van der Waals surface area contributed by atoms with Gasteiger partial charge >= 0.3 is 5.97 Å². The van der Waals surface area contributed by atoms with Crippen LogP contribution in [-0.4, -0.2) is 86.8 Å². The lowest BCUT2D eigenvalue weighted by atomic mass is 10.0. The fourth-order valence-corrected chi connectivity index (χ4v) is 4.69. The predicted molar refractivity (Wildman–Crippen MR) is 155 cm³/mol. The lowest BCUT2D eigenvalue weighted by molar-refractivity contribution is -0.142. The van der Waals surface area contributed by atoms with Crippen LogP contribution in [0.25, 0.3) is 10.9 Å². The lowest BCUT2D eigenvalue weighted by Gasteiger charge is -2.24. The molecule has 3 aromatic rings. The van der Waals surface area contributed by atoms with Crippen molar-refractivity contribution in [2.24, 2.45) is 5.73 Å². The van der Waals surface area contributed by atoms with Crippen LogP contribution in [0.1, 0.15) is 17.5 Å². The Morgan fingerprint density at radius 1 is 0.902 bits per heavy atom. The van der Waals surface area contributed by atoms with E-state index in [1.165, 1.54) is 23.9 Å². The van der Waals surface area contributed by atoms with Gasteiger partial charge in [0.15, 0.2) is 0 Å². The highest BCUT2D eigenvalue weighted by atomic mass is 32.2. The maximum Gasteiger partial charge on any atom is 0.326 e. The molecule has 13 heteroatoms. The van der Waals surface area contributed by atoms with Gasteiger partial charge in [0.05, 0.1) is 12.6 Å². The number of carbonyl (C=O) groups excluding carboxylic acids is 3. The lowest BCUT2D eigenvalue weighted by Crippen LogP contribution is -2.58. The van der Waals surface area contributed by atoms with E-state index in [1.54, 1.807) is 18.3 Å². The summed E-state index contributed by atoms with van der Waals surface area (Å²) in [7, 11) is 0. The van der Waals surface area contributed by atoms with Crippen molar-refractivity contribution in [1.82, 2.24) is 20.9 Å². The highest BCUT2D eigenvalue weighted by molar-refractivity contribution is 7.98. The van der Waals surface area contributed by atoms with Gasteiger partial charge in [-0.3, -0.25) is 14.4 Å². The quantitative estimate of drug-likeness (QED) is 0.123. The first-order chi connectivity index (χ1) is 19.6. The number of carboxylic acids is 1. The minimum Gasteiger partial charge on any atom is -0.508 e. The monoisotopic (exact) mass is 585 g/mol. The van der Waals surface area contributed by atoms with Crippen molar-refractivity contribution in [1.29, 1.82) is 0 Å². The van der Waals surface area contributed by atoms with E-state index in [1.807, 2.05) is 30.5 Å². The average molecular weight is 586 g/mol. The number of hydrogen-bond donors (Lipinski definition) is 8. The summed E-state index contributed by atoms with van der Waals surface area (Å²) in [4.78, 5) is 53.8. The van der Waals surface area contributed by atoms with Gasteiger partial charge in [0, 0.05) is 23.5 Å². The number of phenolic OH excluding ortho intramolecular Hbond substituents is 1. The summed E-state index contributed by atoms with van der Waals surface area (Å²) in [6, 6.07) is 8.74. The number of aliphatic carboxylic acids is 1. The Morgan fingerprint density at radius 3 is 2.20 bits per heavy atom. The summed E-state index contributed by atoms with van der Waals surface area (Å²) in [5.74, 6) is -2.88. The summed E-state index contributed by atoms with van der Waals surface area (Å²) in [6.07, 6.45) is 3.86. The number of phenols is 1. The summed E-state index contributed by atoms with van der Waals surface area (Å²) < 4.78 is 0. The number of nitrogens with two attached hydrogens (primary N) is 1. The largest absolute Gasteiger partial charge is 0.508 e. The van der Waals surface area contributed by atoms with Crippen molar-refractivity contribution < 1.29 is 34.5 Å². The summed E-state index contributed by atoms with van der Waals surface area (Å²) >= 11 is 1.45. The number of aliphatic hydroxyl groups excluding tert-OH is 1. The van der Waals surface area contributed by atoms with Crippen molar-refractivity contribution in [3.05, 3.63) is 65.9 Å². The number of carbonyl (C=O) groups is 4. The Hall–Kier alpha value is -4.07. The zero-order valence-electron chi connectivity index (χ0n) is 22.5. The van der Waals surface area contributed by atoms with E-state index in [9.17, 15) is 34.5 Å². The van der Waals surface area contributed by atoms with Gasteiger partial charge in [-0.05, 0) is 54.2 Å². The first kappa shape index (κ1) is 31.5. The van der Waals surface area contributed by atoms with Crippen molar-refractivity contribution >= 4 is 46.4 Å². The van der Waals surface area contributed by atoms with Crippen LogP contribution in [0.15, 0.2) is 54.7 Å². The molecule has 220 valence electrons. The van der Waals surface area contributed by atoms with E-state index in [4.69, 9.17) is 5.73 Å². The number of carboxylic acid groups (broad SMARTS) is 1. The third kappa shape index (κ3) is 8.96. The highest BCUT2D eigenvalue weighted by Crippen LogP contribution is 2.19. The molecule has 0 radical (unpaired) electrons. The number of aromatic hydroxyl groups is 1. The minimum absolute atomic E-state index is 0.0253. The summed E-state index contributed by atoms with van der Waals surface area (Å²) in [6.45, 7) is -0.791. The zero-order valence-corrected chi connectivity index (χ0v) is 23.3. The van der Waals surface area contributed by atoms with E-state index in [0.717, 1.165) is 10.9 Å². The Labute approximate surface area is 241 Å². The standard InChI is InChI=1S/C28H35N5O7S/c1-41-11-10-22(31-25(36)20(29)12-16-6-8-18(35)9-7-16)26(37)33-24(15-34)27(38)32-23(28(39)40)13-17-14-30-21-5-3-2-4-19(17)21/h2-9,14,20,22-24,30,34-35H,10-13,15,29H2,1H3,(H,31,36)(H,32,38)(H,33,37)(H,39,40). The molecular formula is C28H35N5O7S. The number of fused-ring (bicyclic) bond motifs is 1. The number of rotatable bonds is 15. The molecule has 41 heavy (non-hydrogen) atoms. The van der Waals surface area contributed by atoms with Gasteiger partial charge in [0.1, 0.15) is 23.9 Å². The summed E-state index contributed by atoms with van der Waals surface area (Å²) in [5.41, 5.74) is 8.26. The number of amides is 3. The van der Waals surface area contributed by atoms with Crippen LogP contribution in [-0.2, 0) is 32.0 Å². The average Bonchev–Trinajstić information content (AvgIpc) is 3.37. The molecule has 9 N–H and O–H groups in total. The number of aromatic amines is 1. The molecule has 0 aliphatic heterocycles. The van der Waals surface area contributed by atoms with E-state index < -0.39 is 54.5 Å². The normalized spacial score (nSPS) is 14.0. The number of aromatic nitrogens is 1. The predicted octanol–water partition coefficient (Wildman–Crippen LogP) is 0.270. The maximum atomic E-state index is 13.1. The number of thioether (sulfide) groups is 1. The Balaban J connectivity index is 1.63. The topological polar surface area (TPSA) is 207 Å². The Kier molecular flexibility index (Phi) is 11.6. The van der Waals surface area contributed by atoms with Crippen LogP contribution in [0.3, 0.4) is 0 Å². The third-order valence-electron chi connectivity index (χ3n) is 6.50. The first-order valence-corrected chi connectivity index (χ1v) is 14.3. The van der Waals surface area contributed by atoms with Crippen molar-refractivity contribution in [3.8, 4) is 5.75 Å². The van der Waals surface area contributed by atoms with Gasteiger partial charge in [-0.2, -0.15) is 11.8 Å². The molecule has 2 aromatic carbocycles. The minimum atomic E-state index is -1.45. The molecule has 0 spiro atoms. The first-order valence-electron chi connectivity index (χ1n) is 12.9. The van der Waals surface area contributed by atoms with E-state index in [0.29, 0.717) is 16.9 Å². The SMILES string of the molecule is CSCCC(NC(=O)C(N)Cc1ccc(O)cc1)C(=O)NC(CO)C(=O)NC(Cc1c[nH]c2ccccc12)C(=O)O. The van der Waals surface area contributed by atoms with E-state index >= 15 is 0 Å². The van der Waals surface area contributed by atoms with E-state index in [-0.39, 0.29) is 25.0 Å². The van der Waals surface area contributed by atoms with Crippen LogP contribution in [0.2, 0.25) is 0 Å². The van der Waals surface area contributed by atoms with Gasteiger partial charge in [0.25, 0.3) is 0 Å². The van der Waals surface area contributed by atoms with Gasteiger partial charge in [-0.15, -0.1) is 0 Å². The second kappa shape index (κ2) is 15.1. The van der Waals surface area contributed by atoms with Crippen molar-refractivity contribution in [2.75, 3.05) is 18.6 Å². The van der Waals surface area contributed by atoms with Gasteiger partial charge in [-0.25, -0.2) is 4.79 Å². The molecule has 0 fully saturated rings. The van der Waals surface area contributed by atoms with Gasteiger partial charge in [-0.1, -0.05) is 30.3 Å². The molecule has 12 nitrogen and oxygen atoms in total. The highest BCUT2D eigenvalue weighted by Gasteiger charge is 2.30. The van der Waals surface area contributed by atoms with Crippen LogP contribution in [0, 0.1) is 0 Å². The molecule has 0 saturated heterocycles. The van der Waals surface area contributed by atoms with Crippen LogP contribution in [0.5, 0.6) is 5.75 Å². The number of para-hydroxylation sites is 1. The molecule has 3 amide bonds. The van der Waals surface area contributed by atoms with Crippen LogP contribution >= 0.6 is 11.8 Å². The number of H-pyrrole nitrogens is 1. The molecule has 1 aromatic heterocycles. The van der Waals surface area contributed by atoms with Crippen LogP contribution in [0.4, 0.5) is 0 Å². The fraction of sp³-hybridized carbons (Fsp3) is 0.357. The second-order valence-electron chi connectivity index (χ2n) is 9.53. The number of benzene rings is 2. The number of hydrogen-bond acceptors (Lipinski definition) is 8. The zero-order chi connectivity index (χ0) is 29.9. The molecule has 0 aliphatic carbocycles. The van der Waals surface area contributed by atoms with Gasteiger partial charge in [0.2, 0.25) is 17.7 Å². The number of nitrogens with one attached hydrogen (secondary N) is 4. The third-order valence-corrected chi connectivity index (χ3v) is 7.15. The fourth-order valence-electron chi connectivity index (χ4n) is 4.22. The molecule has 0 bridgehead atoms. The van der Waals surface area contributed by atoms with Gasteiger partial charge < -0.3 is 42.0 Å². The molecule has 0 aliphatic rings. The molecule has 3 rings (SSSR count). The number of aliphatic hydroxyl groups is 1. The molecule has 1 heterocycles. The smallest absolute Gasteiger partial charge is 0.326 e. The Morgan fingerprint density at radius 2 is 1.54 bits per heavy atom. The molecular weight excluding hydrogens is 550 g/mol. The maximum absolute atomic E-state index is 13.1. The molecule has 4 unspecified atom stereocenters. The van der Waals surface area contributed by atoms with Crippen molar-refractivity contribution in [3.63, 3.8) is 0 Å². The molecule has 4 atom stereocenters. The molecule has 0 saturated carbocycles. The van der Waals surface area contributed by atoms with E-state index in [2.05, 4.69) is 20.9 Å².